The zero-order chi connectivity index (χ0) is 14.3. The Kier molecular flexibility index (Phi) is 2.74. The Morgan fingerprint density at radius 3 is 2.85 bits per heavy atom. The minimum absolute atomic E-state index is 0.0612. The Bertz CT molecular complexity index is 848. The van der Waals surface area contributed by atoms with Crippen molar-refractivity contribution in [2.24, 2.45) is 0 Å². The molecule has 0 fully saturated rings. The number of aryl methyl sites for hydroxylation is 2. The molecule has 0 spiro atoms. The molecule has 0 aliphatic carbocycles. The number of fused-ring (bicyclic) bond motifs is 1. The molecule has 0 atom stereocenters. The number of aromatic amines is 1. The van der Waals surface area contributed by atoms with Gasteiger partial charge in [-0.2, -0.15) is 4.98 Å². The highest BCUT2D eigenvalue weighted by Gasteiger charge is 2.11. The van der Waals surface area contributed by atoms with Crippen LogP contribution in [-0.4, -0.2) is 25.0 Å². The van der Waals surface area contributed by atoms with E-state index in [1.807, 2.05) is 6.07 Å². The first kappa shape index (κ1) is 12.3. The lowest BCUT2D eigenvalue weighted by Gasteiger charge is -2.05. The Morgan fingerprint density at radius 2 is 2.10 bits per heavy atom. The number of aromatic nitrogens is 5. The van der Waals surface area contributed by atoms with E-state index in [1.54, 1.807) is 4.68 Å². The Hall–Kier alpha value is -2.70. The van der Waals surface area contributed by atoms with Crippen molar-refractivity contribution in [3.8, 4) is 0 Å². The maximum absolute atomic E-state index is 11.7. The molecule has 3 aromatic rings. The van der Waals surface area contributed by atoms with Crippen LogP contribution in [0.25, 0.3) is 11.2 Å². The lowest BCUT2D eigenvalue weighted by molar-refractivity contribution is 0.664. The summed E-state index contributed by atoms with van der Waals surface area (Å²) in [5.74, 6) is 0.0612. The highest BCUT2D eigenvalue weighted by molar-refractivity contribution is 5.69. The third kappa shape index (κ3) is 2.03. The van der Waals surface area contributed by atoms with E-state index in [2.05, 4.69) is 46.3 Å². The number of benzene rings is 1. The fraction of sp³-hybridized carbons (Fsp3) is 0.231. The number of hydrogen-bond acceptors (Lipinski definition) is 5. The molecular formula is C13H14N6O. The Balaban J connectivity index is 2.06. The second kappa shape index (κ2) is 4.44. The predicted molar refractivity (Wildman–Crippen MR) is 75.4 cm³/mol. The van der Waals surface area contributed by atoms with E-state index in [1.165, 1.54) is 11.1 Å². The molecule has 0 bridgehead atoms. The molecule has 0 unspecified atom stereocenters. The number of anilines is 1. The smallest absolute Gasteiger partial charge is 0.282 e. The third-order valence-corrected chi connectivity index (χ3v) is 3.30. The summed E-state index contributed by atoms with van der Waals surface area (Å²) in [7, 11) is 0. The van der Waals surface area contributed by atoms with Crippen LogP contribution < -0.4 is 11.3 Å². The Labute approximate surface area is 114 Å². The summed E-state index contributed by atoms with van der Waals surface area (Å²) in [5.41, 5.74) is 9.28. The van der Waals surface area contributed by atoms with Gasteiger partial charge in [-0.25, -0.2) is 4.68 Å². The predicted octanol–water partition coefficient (Wildman–Crippen LogP) is 0.762. The van der Waals surface area contributed by atoms with Crippen molar-refractivity contribution >= 4 is 17.1 Å². The fourth-order valence-corrected chi connectivity index (χ4v) is 2.06. The molecule has 0 aliphatic heterocycles. The van der Waals surface area contributed by atoms with E-state index in [0.717, 1.165) is 5.56 Å². The molecule has 2 aromatic heterocycles. The van der Waals surface area contributed by atoms with Gasteiger partial charge in [-0.15, -0.1) is 5.10 Å². The van der Waals surface area contributed by atoms with E-state index < -0.39 is 0 Å². The highest BCUT2D eigenvalue weighted by Crippen LogP contribution is 2.12. The van der Waals surface area contributed by atoms with Gasteiger partial charge >= 0.3 is 0 Å². The second-order valence-electron chi connectivity index (χ2n) is 4.79. The number of nitrogens with two attached hydrogens (primary N) is 1. The van der Waals surface area contributed by atoms with Crippen LogP contribution in [0.2, 0.25) is 0 Å². The van der Waals surface area contributed by atoms with Gasteiger partial charge in [-0.1, -0.05) is 23.4 Å². The maximum Gasteiger partial charge on any atom is 0.282 e. The van der Waals surface area contributed by atoms with Crippen molar-refractivity contribution in [1.82, 2.24) is 25.0 Å². The minimum atomic E-state index is -0.376. The van der Waals surface area contributed by atoms with Gasteiger partial charge in [0.2, 0.25) is 5.95 Å². The van der Waals surface area contributed by atoms with Crippen molar-refractivity contribution in [2.75, 3.05) is 5.73 Å². The fourth-order valence-electron chi connectivity index (χ4n) is 2.06. The summed E-state index contributed by atoms with van der Waals surface area (Å²) >= 11 is 0. The quantitative estimate of drug-likeness (QED) is 0.715. The molecule has 0 aliphatic rings. The number of hydrogen-bond donors (Lipinski definition) is 2. The highest BCUT2D eigenvalue weighted by atomic mass is 16.1. The van der Waals surface area contributed by atoms with Crippen LogP contribution in [-0.2, 0) is 6.54 Å². The van der Waals surface area contributed by atoms with Gasteiger partial charge in [0.05, 0.1) is 6.54 Å². The van der Waals surface area contributed by atoms with Gasteiger partial charge in [-0.3, -0.25) is 9.78 Å². The van der Waals surface area contributed by atoms with Crippen LogP contribution in [0.4, 0.5) is 5.95 Å². The normalized spacial score (nSPS) is 11.1. The van der Waals surface area contributed by atoms with Crippen LogP contribution in [0.1, 0.15) is 16.7 Å². The number of nitrogens with zero attached hydrogens (tertiary/aromatic N) is 4. The van der Waals surface area contributed by atoms with E-state index in [4.69, 9.17) is 5.73 Å². The zero-order valence-corrected chi connectivity index (χ0v) is 11.2. The second-order valence-corrected chi connectivity index (χ2v) is 4.79. The van der Waals surface area contributed by atoms with E-state index in [-0.39, 0.29) is 17.0 Å². The van der Waals surface area contributed by atoms with Gasteiger partial charge in [0.15, 0.2) is 11.2 Å². The Morgan fingerprint density at radius 1 is 1.30 bits per heavy atom. The molecule has 3 N–H and O–H groups in total. The van der Waals surface area contributed by atoms with Crippen LogP contribution >= 0.6 is 0 Å². The number of H-pyrrole nitrogens is 1. The summed E-state index contributed by atoms with van der Waals surface area (Å²) < 4.78 is 1.57. The molecule has 102 valence electrons. The summed E-state index contributed by atoms with van der Waals surface area (Å²) in [6, 6.07) is 6.16. The van der Waals surface area contributed by atoms with Crippen molar-refractivity contribution in [3.05, 3.63) is 45.2 Å². The molecule has 0 saturated carbocycles. The minimum Gasteiger partial charge on any atom is -0.369 e. The molecule has 7 heteroatoms. The molecule has 0 radical (unpaired) electrons. The number of nitrogens with one attached hydrogen (secondary N) is 1. The van der Waals surface area contributed by atoms with Gasteiger partial charge in [0, 0.05) is 0 Å². The molecule has 3 rings (SSSR count). The van der Waals surface area contributed by atoms with Gasteiger partial charge in [-0.05, 0) is 30.5 Å². The summed E-state index contributed by atoms with van der Waals surface area (Å²) in [5, 5.41) is 7.82. The van der Waals surface area contributed by atoms with Crippen LogP contribution in [0, 0.1) is 13.8 Å². The average Bonchev–Trinajstić information content (AvgIpc) is 2.77. The van der Waals surface area contributed by atoms with Gasteiger partial charge in [0.1, 0.15) is 0 Å². The maximum atomic E-state index is 11.7. The molecular weight excluding hydrogens is 256 g/mol. The molecule has 7 nitrogen and oxygen atoms in total. The third-order valence-electron chi connectivity index (χ3n) is 3.30. The summed E-state index contributed by atoms with van der Waals surface area (Å²) in [6.07, 6.45) is 0. The van der Waals surface area contributed by atoms with E-state index in [0.29, 0.717) is 12.2 Å². The zero-order valence-electron chi connectivity index (χ0n) is 11.2. The van der Waals surface area contributed by atoms with Crippen LogP contribution in [0.5, 0.6) is 0 Å². The van der Waals surface area contributed by atoms with Gasteiger partial charge < -0.3 is 5.73 Å². The lowest BCUT2D eigenvalue weighted by Crippen LogP contribution is -2.12. The largest absolute Gasteiger partial charge is 0.369 e. The van der Waals surface area contributed by atoms with Crippen LogP contribution in [0.15, 0.2) is 23.0 Å². The lowest BCUT2D eigenvalue weighted by atomic mass is 10.1. The first-order valence-electron chi connectivity index (χ1n) is 6.20. The van der Waals surface area contributed by atoms with Crippen molar-refractivity contribution in [1.29, 1.82) is 0 Å². The van der Waals surface area contributed by atoms with E-state index >= 15 is 0 Å². The molecule has 20 heavy (non-hydrogen) atoms. The first-order chi connectivity index (χ1) is 9.54. The average molecular weight is 270 g/mol. The molecule has 0 saturated heterocycles. The monoisotopic (exact) mass is 270 g/mol. The molecule has 1 aromatic carbocycles. The number of nitrogen functional groups attached to an aromatic ring is 1. The standard InChI is InChI=1S/C13H14N6O/c1-7-3-4-9(5-8(7)2)6-19-11-10(17-18-19)12(20)16-13(14)15-11/h3-5H,6H2,1-2H3,(H3,14,15,16,20). The molecule has 2 heterocycles. The number of rotatable bonds is 2. The first-order valence-corrected chi connectivity index (χ1v) is 6.20. The SMILES string of the molecule is Cc1ccc(Cn2nnc3c(=O)[nH]c(N)nc32)cc1C. The summed E-state index contributed by atoms with van der Waals surface area (Å²) in [6.45, 7) is 4.61. The van der Waals surface area contributed by atoms with Crippen molar-refractivity contribution in [3.63, 3.8) is 0 Å². The van der Waals surface area contributed by atoms with Crippen LogP contribution in [0.3, 0.4) is 0 Å². The van der Waals surface area contributed by atoms with E-state index in [9.17, 15) is 4.79 Å². The van der Waals surface area contributed by atoms with Crippen molar-refractivity contribution in [2.45, 2.75) is 20.4 Å². The summed E-state index contributed by atoms with van der Waals surface area (Å²) in [4.78, 5) is 18.2. The van der Waals surface area contributed by atoms with Gasteiger partial charge in [0.25, 0.3) is 5.56 Å². The molecule has 0 amide bonds. The topological polar surface area (TPSA) is 102 Å². The van der Waals surface area contributed by atoms with Crippen molar-refractivity contribution < 1.29 is 0 Å².